The van der Waals surface area contributed by atoms with Crippen molar-refractivity contribution < 1.29 is 18.7 Å². The number of aromatic hydroxyl groups is 1. The van der Waals surface area contributed by atoms with Crippen molar-refractivity contribution in [3.8, 4) is 17.0 Å². The number of nitrogens with one attached hydrogen (secondary N) is 1. The number of hydrogen-bond donors (Lipinski definition) is 3. The first kappa shape index (κ1) is 24.8. The zero-order chi connectivity index (χ0) is 26.3. The minimum Gasteiger partial charge on any atom is -0.508 e. The fourth-order valence-corrected chi connectivity index (χ4v) is 5.47. The van der Waals surface area contributed by atoms with E-state index in [1.165, 1.54) is 13.0 Å². The number of amides is 1. The molecule has 0 spiro atoms. The fraction of sp³-hybridized carbons (Fsp3) is 0.333. The molecule has 0 radical (unpaired) electrons. The Bertz CT molecular complexity index is 1440. The highest BCUT2D eigenvalue weighted by atomic mass is 19.1. The van der Waals surface area contributed by atoms with Gasteiger partial charge in [-0.05, 0) is 54.0 Å². The molecule has 0 bridgehead atoms. The molecule has 3 heterocycles. The summed E-state index contributed by atoms with van der Waals surface area (Å²) in [5.74, 6) is -1.40. The molecule has 192 valence electrons. The average Bonchev–Trinajstić information content (AvgIpc) is 3.23. The third-order valence-corrected chi connectivity index (χ3v) is 7.12. The molecular formula is C27H28F2N6O2. The number of phenolic OH excluding ortho intramolecular Hbond substituents is 1. The third kappa shape index (κ3) is 4.89. The maximum Gasteiger partial charge on any atom is 0.217 e. The quantitative estimate of drug-likeness (QED) is 0.380. The van der Waals surface area contributed by atoms with Crippen molar-refractivity contribution in [2.75, 3.05) is 0 Å². The van der Waals surface area contributed by atoms with Crippen LogP contribution in [0.5, 0.6) is 5.75 Å². The number of benzene rings is 1. The van der Waals surface area contributed by atoms with E-state index in [-0.39, 0.29) is 41.1 Å². The van der Waals surface area contributed by atoms with Crippen molar-refractivity contribution in [3.63, 3.8) is 0 Å². The predicted molar refractivity (Wildman–Crippen MR) is 134 cm³/mol. The monoisotopic (exact) mass is 506 g/mol. The Morgan fingerprint density at radius 3 is 2.65 bits per heavy atom. The maximum atomic E-state index is 14.5. The van der Waals surface area contributed by atoms with Gasteiger partial charge in [0.15, 0.2) is 0 Å². The molecule has 8 nitrogen and oxygen atoms in total. The van der Waals surface area contributed by atoms with Crippen LogP contribution in [0.4, 0.5) is 8.78 Å². The van der Waals surface area contributed by atoms with Crippen LogP contribution in [0.2, 0.25) is 0 Å². The molecule has 0 saturated heterocycles. The number of rotatable bonds is 5. The highest BCUT2D eigenvalue weighted by molar-refractivity contribution is 5.73. The summed E-state index contributed by atoms with van der Waals surface area (Å²) in [6.45, 7) is 3.61. The van der Waals surface area contributed by atoms with Crippen LogP contribution in [0.25, 0.3) is 16.8 Å². The molecule has 37 heavy (non-hydrogen) atoms. The Morgan fingerprint density at radius 1 is 1.19 bits per heavy atom. The smallest absolute Gasteiger partial charge is 0.217 e. The fourth-order valence-electron chi connectivity index (χ4n) is 5.47. The summed E-state index contributed by atoms with van der Waals surface area (Å²) < 4.78 is 30.5. The molecule has 0 aliphatic heterocycles. The molecule has 1 amide bonds. The first-order valence-electron chi connectivity index (χ1n) is 12.2. The number of pyridine rings is 1. The molecule has 0 unspecified atom stereocenters. The number of aromatic nitrogens is 4. The molecule has 1 aliphatic carbocycles. The van der Waals surface area contributed by atoms with Gasteiger partial charge >= 0.3 is 0 Å². The Kier molecular flexibility index (Phi) is 6.59. The van der Waals surface area contributed by atoms with E-state index in [9.17, 15) is 18.7 Å². The summed E-state index contributed by atoms with van der Waals surface area (Å²) in [6.07, 6.45) is 7.20. The van der Waals surface area contributed by atoms with E-state index < -0.39 is 17.4 Å². The van der Waals surface area contributed by atoms with E-state index in [1.54, 1.807) is 29.2 Å². The van der Waals surface area contributed by atoms with Gasteiger partial charge in [-0.25, -0.2) is 18.3 Å². The highest BCUT2D eigenvalue weighted by Gasteiger charge is 2.35. The molecule has 1 aromatic carbocycles. The van der Waals surface area contributed by atoms with E-state index >= 15 is 0 Å². The number of nitrogens with two attached hydrogens (primary N) is 1. The number of phenols is 1. The van der Waals surface area contributed by atoms with Gasteiger partial charge in [-0.2, -0.15) is 5.10 Å². The van der Waals surface area contributed by atoms with E-state index in [4.69, 9.17) is 5.73 Å². The number of fused-ring (bicyclic) bond motifs is 1. The summed E-state index contributed by atoms with van der Waals surface area (Å²) >= 11 is 0. The Balaban J connectivity index is 1.46. The number of imidazole rings is 1. The highest BCUT2D eigenvalue weighted by Crippen LogP contribution is 2.37. The van der Waals surface area contributed by atoms with Crippen molar-refractivity contribution in [1.29, 1.82) is 0 Å². The summed E-state index contributed by atoms with van der Waals surface area (Å²) in [4.78, 5) is 20.5. The number of carbonyl (C=O) groups is 1. The summed E-state index contributed by atoms with van der Waals surface area (Å²) in [5, 5.41) is 16.9. The van der Waals surface area contributed by atoms with Crippen LogP contribution >= 0.6 is 0 Å². The molecule has 4 atom stereocenters. The number of hydrogen-bond acceptors (Lipinski definition) is 6. The molecule has 10 heteroatoms. The van der Waals surface area contributed by atoms with Gasteiger partial charge in [0.05, 0.1) is 23.0 Å². The van der Waals surface area contributed by atoms with Gasteiger partial charge in [0, 0.05) is 50.0 Å². The Labute approximate surface area is 212 Å². The molecule has 4 aromatic rings. The summed E-state index contributed by atoms with van der Waals surface area (Å²) in [5.41, 5.74) is 9.00. The standard InChI is InChI=1S/C27H28F2N6O2/c1-14-7-16(8-23(30)27(14)33-15(2)36)20-5-6-31-12-17(20)9-25-32-13-18-3-4-24(34-35(18)25)26-21(28)10-19(37)11-22(26)29/h3-6,10-14,16,23,27,37H,7-9,30H2,1-2H3,(H,33,36)/t14-,16+,23+,27-/m0/s1. The van der Waals surface area contributed by atoms with Crippen LogP contribution in [0.3, 0.4) is 0 Å². The van der Waals surface area contributed by atoms with E-state index in [0.717, 1.165) is 36.1 Å². The lowest BCUT2D eigenvalue weighted by Gasteiger charge is -2.39. The molecule has 1 aliphatic rings. The van der Waals surface area contributed by atoms with Crippen LogP contribution < -0.4 is 11.1 Å². The van der Waals surface area contributed by atoms with Gasteiger partial charge < -0.3 is 16.2 Å². The van der Waals surface area contributed by atoms with Crippen molar-refractivity contribution in [2.24, 2.45) is 11.7 Å². The Morgan fingerprint density at radius 2 is 1.95 bits per heavy atom. The van der Waals surface area contributed by atoms with Crippen LogP contribution in [-0.2, 0) is 11.2 Å². The van der Waals surface area contributed by atoms with E-state index in [0.29, 0.717) is 17.8 Å². The second-order valence-electron chi connectivity index (χ2n) is 9.80. The molecule has 1 saturated carbocycles. The number of carbonyl (C=O) groups excluding carboxylic acids is 1. The van der Waals surface area contributed by atoms with Crippen molar-refractivity contribution in [3.05, 3.63) is 77.5 Å². The normalized spacial score (nSPS) is 21.8. The molecule has 1 fully saturated rings. The van der Waals surface area contributed by atoms with Crippen LogP contribution in [0, 0.1) is 17.6 Å². The minimum atomic E-state index is -0.902. The van der Waals surface area contributed by atoms with Crippen LogP contribution in [-0.4, -0.2) is 42.7 Å². The third-order valence-electron chi connectivity index (χ3n) is 7.12. The van der Waals surface area contributed by atoms with Crippen LogP contribution in [0.1, 0.15) is 49.6 Å². The number of nitrogens with zero attached hydrogens (tertiary/aromatic N) is 4. The van der Waals surface area contributed by atoms with Crippen molar-refractivity contribution >= 4 is 11.4 Å². The predicted octanol–water partition coefficient (Wildman–Crippen LogP) is 3.71. The minimum absolute atomic E-state index is 0.0708. The average molecular weight is 507 g/mol. The SMILES string of the molecule is CC(=O)N[C@@H]1[C@H](N)C[C@H](c2ccncc2Cc2ncc3ccc(-c4c(F)cc(O)cc4F)nn23)C[C@@H]1C. The van der Waals surface area contributed by atoms with Crippen molar-refractivity contribution in [2.45, 2.75) is 51.1 Å². The van der Waals surface area contributed by atoms with E-state index in [2.05, 4.69) is 27.3 Å². The van der Waals surface area contributed by atoms with Gasteiger partial charge in [-0.3, -0.25) is 9.78 Å². The van der Waals surface area contributed by atoms with Crippen LogP contribution in [0.15, 0.2) is 48.9 Å². The molecule has 4 N–H and O–H groups in total. The molecule has 3 aromatic heterocycles. The largest absolute Gasteiger partial charge is 0.508 e. The zero-order valence-electron chi connectivity index (χ0n) is 20.5. The lowest BCUT2D eigenvalue weighted by Crippen LogP contribution is -2.54. The van der Waals surface area contributed by atoms with Gasteiger partial charge in [0.25, 0.3) is 0 Å². The van der Waals surface area contributed by atoms with Gasteiger partial charge in [-0.15, -0.1) is 0 Å². The van der Waals surface area contributed by atoms with E-state index in [1.807, 2.05) is 6.07 Å². The van der Waals surface area contributed by atoms with Crippen molar-refractivity contribution in [1.82, 2.24) is 24.9 Å². The molecular weight excluding hydrogens is 478 g/mol. The zero-order valence-corrected chi connectivity index (χ0v) is 20.5. The lowest BCUT2D eigenvalue weighted by molar-refractivity contribution is -0.120. The second kappa shape index (κ2) is 9.85. The maximum absolute atomic E-state index is 14.5. The van der Waals surface area contributed by atoms with Gasteiger partial charge in [-0.1, -0.05) is 6.92 Å². The van der Waals surface area contributed by atoms with Gasteiger partial charge in [0.1, 0.15) is 23.2 Å². The first-order chi connectivity index (χ1) is 17.7. The topological polar surface area (TPSA) is 118 Å². The molecule has 5 rings (SSSR count). The Hall–Kier alpha value is -3.92. The second-order valence-corrected chi connectivity index (χ2v) is 9.80. The van der Waals surface area contributed by atoms with Gasteiger partial charge in [0.2, 0.25) is 5.91 Å². The summed E-state index contributed by atoms with van der Waals surface area (Å²) in [6, 6.07) is 6.67. The lowest BCUT2D eigenvalue weighted by atomic mass is 9.72. The number of halogens is 2. The first-order valence-corrected chi connectivity index (χ1v) is 12.2. The summed E-state index contributed by atoms with van der Waals surface area (Å²) in [7, 11) is 0.